The number of hydrogen-bond donors (Lipinski definition) is 1. The van der Waals surface area contributed by atoms with Gasteiger partial charge in [0.2, 0.25) is 0 Å². The number of furan rings is 1. The van der Waals surface area contributed by atoms with E-state index in [-0.39, 0.29) is 0 Å². The van der Waals surface area contributed by atoms with Crippen LogP contribution in [0.25, 0.3) is 0 Å². The van der Waals surface area contributed by atoms with Crippen molar-refractivity contribution in [2.75, 3.05) is 6.54 Å². The van der Waals surface area contributed by atoms with E-state index in [1.54, 1.807) is 6.26 Å². The summed E-state index contributed by atoms with van der Waals surface area (Å²) >= 11 is 0. The SMILES string of the molecule is NCC1CCCCCC1N(Cc1ccco1)C1CC1. The summed E-state index contributed by atoms with van der Waals surface area (Å²) in [5, 5.41) is 0. The van der Waals surface area contributed by atoms with Crippen molar-refractivity contribution in [1.29, 1.82) is 0 Å². The molecule has 3 nitrogen and oxygen atoms in total. The lowest BCUT2D eigenvalue weighted by Gasteiger charge is -2.35. The molecule has 2 aliphatic carbocycles. The predicted octanol–water partition coefficient (Wildman–Crippen LogP) is 3.15. The van der Waals surface area contributed by atoms with Crippen LogP contribution in [0, 0.1) is 5.92 Å². The Hall–Kier alpha value is -0.800. The van der Waals surface area contributed by atoms with Gasteiger partial charge in [-0.05, 0) is 50.3 Å². The van der Waals surface area contributed by atoms with Crippen LogP contribution in [0.3, 0.4) is 0 Å². The lowest BCUT2D eigenvalue weighted by atomic mass is 9.93. The average molecular weight is 262 g/mol. The molecule has 0 aromatic carbocycles. The van der Waals surface area contributed by atoms with E-state index in [4.69, 9.17) is 10.2 Å². The summed E-state index contributed by atoms with van der Waals surface area (Å²) in [6, 6.07) is 5.55. The van der Waals surface area contributed by atoms with Crippen molar-refractivity contribution in [3.8, 4) is 0 Å². The highest BCUT2D eigenvalue weighted by Crippen LogP contribution is 2.36. The average Bonchev–Trinajstić information content (AvgIpc) is 3.19. The Balaban J connectivity index is 1.73. The second-order valence-electron chi connectivity index (χ2n) is 6.18. The molecule has 3 rings (SSSR count). The molecule has 0 radical (unpaired) electrons. The molecule has 2 N–H and O–H groups in total. The third-order valence-electron chi connectivity index (χ3n) is 4.78. The molecule has 0 spiro atoms. The molecule has 0 aliphatic heterocycles. The topological polar surface area (TPSA) is 42.4 Å². The molecule has 0 bridgehead atoms. The summed E-state index contributed by atoms with van der Waals surface area (Å²) in [6.07, 6.45) is 11.2. The van der Waals surface area contributed by atoms with E-state index < -0.39 is 0 Å². The molecule has 2 saturated carbocycles. The van der Waals surface area contributed by atoms with Crippen LogP contribution in [-0.4, -0.2) is 23.5 Å². The van der Waals surface area contributed by atoms with Gasteiger partial charge >= 0.3 is 0 Å². The van der Waals surface area contributed by atoms with Crippen molar-refractivity contribution in [2.45, 2.75) is 63.6 Å². The van der Waals surface area contributed by atoms with Crippen molar-refractivity contribution >= 4 is 0 Å². The van der Waals surface area contributed by atoms with Crippen LogP contribution in [0.15, 0.2) is 22.8 Å². The number of nitrogens with two attached hydrogens (primary N) is 1. The Kier molecular flexibility index (Phi) is 4.24. The van der Waals surface area contributed by atoms with Crippen molar-refractivity contribution in [2.24, 2.45) is 11.7 Å². The van der Waals surface area contributed by atoms with Gasteiger partial charge in [-0.25, -0.2) is 0 Å². The van der Waals surface area contributed by atoms with Gasteiger partial charge in [-0.3, -0.25) is 4.90 Å². The molecule has 1 aromatic rings. The van der Waals surface area contributed by atoms with Gasteiger partial charge in [0.25, 0.3) is 0 Å². The second-order valence-corrected chi connectivity index (χ2v) is 6.18. The maximum atomic E-state index is 6.04. The molecule has 2 fully saturated rings. The zero-order valence-corrected chi connectivity index (χ0v) is 11.8. The molecule has 3 heteroatoms. The van der Waals surface area contributed by atoms with Gasteiger partial charge in [-0.1, -0.05) is 19.3 Å². The number of rotatable bonds is 5. The Bertz CT molecular complexity index is 372. The maximum Gasteiger partial charge on any atom is 0.117 e. The van der Waals surface area contributed by atoms with Crippen LogP contribution in [-0.2, 0) is 6.54 Å². The number of nitrogens with zero attached hydrogens (tertiary/aromatic N) is 1. The molecule has 1 heterocycles. The highest BCUT2D eigenvalue weighted by atomic mass is 16.3. The second kappa shape index (κ2) is 6.10. The highest BCUT2D eigenvalue weighted by molar-refractivity contribution is 5.01. The van der Waals surface area contributed by atoms with E-state index in [1.165, 1.54) is 44.9 Å². The Morgan fingerprint density at radius 2 is 2.00 bits per heavy atom. The van der Waals surface area contributed by atoms with E-state index >= 15 is 0 Å². The summed E-state index contributed by atoms with van der Waals surface area (Å²) in [6.45, 7) is 1.81. The van der Waals surface area contributed by atoms with Gasteiger partial charge in [0.15, 0.2) is 0 Å². The Labute approximate surface area is 116 Å². The first-order valence-corrected chi connectivity index (χ1v) is 7.86. The quantitative estimate of drug-likeness (QED) is 0.829. The summed E-state index contributed by atoms with van der Waals surface area (Å²) in [5.74, 6) is 1.78. The summed E-state index contributed by atoms with van der Waals surface area (Å²) < 4.78 is 5.56. The predicted molar refractivity (Wildman–Crippen MR) is 76.7 cm³/mol. The number of hydrogen-bond acceptors (Lipinski definition) is 3. The van der Waals surface area contributed by atoms with Gasteiger partial charge in [0, 0.05) is 12.1 Å². The van der Waals surface area contributed by atoms with E-state index in [0.717, 1.165) is 24.9 Å². The van der Waals surface area contributed by atoms with E-state index in [0.29, 0.717) is 12.0 Å². The van der Waals surface area contributed by atoms with E-state index in [2.05, 4.69) is 11.0 Å². The van der Waals surface area contributed by atoms with Crippen LogP contribution >= 0.6 is 0 Å². The largest absolute Gasteiger partial charge is 0.468 e. The third-order valence-corrected chi connectivity index (χ3v) is 4.78. The van der Waals surface area contributed by atoms with Gasteiger partial charge in [-0.2, -0.15) is 0 Å². The lowest BCUT2D eigenvalue weighted by molar-refractivity contribution is 0.110. The van der Waals surface area contributed by atoms with Gasteiger partial charge in [0.1, 0.15) is 5.76 Å². The van der Waals surface area contributed by atoms with Crippen molar-refractivity contribution < 1.29 is 4.42 Å². The Morgan fingerprint density at radius 3 is 2.68 bits per heavy atom. The van der Waals surface area contributed by atoms with Crippen molar-refractivity contribution in [1.82, 2.24) is 4.90 Å². The highest BCUT2D eigenvalue weighted by Gasteiger charge is 2.37. The monoisotopic (exact) mass is 262 g/mol. The summed E-state index contributed by atoms with van der Waals surface area (Å²) in [7, 11) is 0. The molecular weight excluding hydrogens is 236 g/mol. The molecule has 2 aliphatic rings. The molecule has 0 saturated heterocycles. The van der Waals surface area contributed by atoms with Gasteiger partial charge < -0.3 is 10.2 Å². The van der Waals surface area contributed by atoms with Crippen LogP contribution in [0.1, 0.15) is 50.7 Å². The molecule has 2 atom stereocenters. The van der Waals surface area contributed by atoms with E-state index in [1.807, 2.05) is 6.07 Å². The fraction of sp³-hybridized carbons (Fsp3) is 0.750. The first-order valence-electron chi connectivity index (χ1n) is 7.86. The standard InChI is InChI=1S/C16H26N2O/c17-11-13-5-2-1-3-7-16(13)18(14-8-9-14)12-15-6-4-10-19-15/h4,6,10,13-14,16H,1-3,5,7-9,11-12,17H2. The molecule has 106 valence electrons. The molecule has 0 amide bonds. The zero-order chi connectivity index (χ0) is 13.1. The van der Waals surface area contributed by atoms with Crippen LogP contribution in [0.4, 0.5) is 0 Å². The van der Waals surface area contributed by atoms with Crippen molar-refractivity contribution in [3.63, 3.8) is 0 Å². The van der Waals surface area contributed by atoms with Crippen LogP contribution in [0.5, 0.6) is 0 Å². The summed E-state index contributed by atoms with van der Waals surface area (Å²) in [4.78, 5) is 2.70. The van der Waals surface area contributed by atoms with Crippen molar-refractivity contribution in [3.05, 3.63) is 24.2 Å². The fourth-order valence-corrected chi connectivity index (χ4v) is 3.58. The first kappa shape index (κ1) is 13.2. The zero-order valence-electron chi connectivity index (χ0n) is 11.8. The van der Waals surface area contributed by atoms with E-state index in [9.17, 15) is 0 Å². The maximum absolute atomic E-state index is 6.04. The molecule has 19 heavy (non-hydrogen) atoms. The minimum Gasteiger partial charge on any atom is -0.468 e. The fourth-order valence-electron chi connectivity index (χ4n) is 3.58. The van der Waals surface area contributed by atoms with Gasteiger partial charge in [0.05, 0.1) is 12.8 Å². The molecular formula is C16H26N2O. The summed E-state index contributed by atoms with van der Waals surface area (Å²) in [5.41, 5.74) is 6.04. The minimum absolute atomic E-state index is 0.671. The first-order chi connectivity index (χ1) is 9.38. The smallest absolute Gasteiger partial charge is 0.117 e. The van der Waals surface area contributed by atoms with Crippen LogP contribution in [0.2, 0.25) is 0 Å². The Morgan fingerprint density at radius 1 is 1.16 bits per heavy atom. The molecule has 1 aromatic heterocycles. The third kappa shape index (κ3) is 3.21. The minimum atomic E-state index is 0.671. The lowest BCUT2D eigenvalue weighted by Crippen LogP contribution is -2.43. The molecule has 2 unspecified atom stereocenters. The van der Waals surface area contributed by atoms with Gasteiger partial charge in [-0.15, -0.1) is 0 Å². The normalized spacial score (nSPS) is 28.5. The van der Waals surface area contributed by atoms with Crippen LogP contribution < -0.4 is 5.73 Å².